The Morgan fingerprint density at radius 3 is 2.90 bits per heavy atom. The van der Waals surface area contributed by atoms with E-state index in [1.807, 2.05) is 6.07 Å². The molecule has 2 aliphatic heterocycles. The fourth-order valence-corrected chi connectivity index (χ4v) is 3.54. The number of hydrogen-bond acceptors (Lipinski definition) is 3. The maximum Gasteiger partial charge on any atom is 0.245 e. The van der Waals surface area contributed by atoms with Gasteiger partial charge in [-0.15, -0.1) is 0 Å². The Bertz CT molecular complexity index is 572. The number of phenolic OH excluding ortho intramolecular Hbond substituents is 1. The third-order valence-electron chi connectivity index (χ3n) is 4.53. The highest BCUT2D eigenvalue weighted by molar-refractivity contribution is 5.93. The van der Waals surface area contributed by atoms with Crippen LogP contribution in [0.2, 0.25) is 0 Å². The van der Waals surface area contributed by atoms with Crippen molar-refractivity contribution in [3.63, 3.8) is 0 Å². The first-order chi connectivity index (χ1) is 10.1. The zero-order valence-electron chi connectivity index (χ0n) is 12.0. The molecule has 2 amide bonds. The van der Waals surface area contributed by atoms with Gasteiger partial charge < -0.3 is 15.3 Å². The molecule has 0 aromatic heterocycles. The summed E-state index contributed by atoms with van der Waals surface area (Å²) in [5.74, 6) is 0.123. The van der Waals surface area contributed by atoms with Gasteiger partial charge in [0, 0.05) is 13.1 Å². The van der Waals surface area contributed by atoms with Gasteiger partial charge >= 0.3 is 0 Å². The molecule has 0 saturated carbocycles. The van der Waals surface area contributed by atoms with Crippen LogP contribution in [0.1, 0.15) is 31.2 Å². The van der Waals surface area contributed by atoms with Crippen molar-refractivity contribution >= 4 is 11.8 Å². The molecule has 2 saturated heterocycles. The number of carbonyl (C=O) groups is 2. The van der Waals surface area contributed by atoms with E-state index in [2.05, 4.69) is 5.32 Å². The molecule has 0 aliphatic carbocycles. The van der Waals surface area contributed by atoms with E-state index in [1.54, 1.807) is 23.1 Å². The molecule has 1 unspecified atom stereocenters. The number of carbonyl (C=O) groups excluding carboxylic acids is 2. The Morgan fingerprint density at radius 1 is 1.33 bits per heavy atom. The number of aromatic hydroxyl groups is 1. The topological polar surface area (TPSA) is 69.6 Å². The van der Waals surface area contributed by atoms with Crippen molar-refractivity contribution in [3.8, 4) is 5.75 Å². The molecular weight excluding hydrogens is 268 g/mol. The first-order valence-electron chi connectivity index (χ1n) is 7.48. The lowest BCUT2D eigenvalue weighted by Crippen LogP contribution is -2.60. The first kappa shape index (κ1) is 13.9. The third-order valence-corrected chi connectivity index (χ3v) is 4.53. The molecule has 2 aliphatic rings. The monoisotopic (exact) mass is 288 g/mol. The molecule has 0 radical (unpaired) electrons. The van der Waals surface area contributed by atoms with Gasteiger partial charge in [0.1, 0.15) is 11.3 Å². The quantitative estimate of drug-likeness (QED) is 0.859. The lowest BCUT2D eigenvalue weighted by Gasteiger charge is -2.40. The van der Waals surface area contributed by atoms with Crippen LogP contribution in [-0.4, -0.2) is 40.4 Å². The standard InChI is InChI=1S/C16H20N2O3/c19-13-5-1-4-12(10-13)11-14(20)18-9-3-7-16(18)6-2-8-17-15(16)21/h1,4-5,10,19H,2-3,6-9,11H2,(H,17,21). The second-order valence-corrected chi connectivity index (χ2v) is 5.89. The van der Waals surface area contributed by atoms with Crippen LogP contribution in [0.15, 0.2) is 24.3 Å². The van der Waals surface area contributed by atoms with Crippen molar-refractivity contribution in [2.45, 2.75) is 37.6 Å². The largest absolute Gasteiger partial charge is 0.508 e. The molecule has 1 aromatic carbocycles. The van der Waals surface area contributed by atoms with Gasteiger partial charge in [-0.1, -0.05) is 12.1 Å². The molecule has 1 atom stereocenters. The second kappa shape index (κ2) is 5.39. The third kappa shape index (κ3) is 2.48. The summed E-state index contributed by atoms with van der Waals surface area (Å²) in [6.07, 6.45) is 3.53. The van der Waals surface area contributed by atoms with Gasteiger partial charge in [-0.05, 0) is 43.4 Å². The zero-order chi connectivity index (χ0) is 14.9. The normalized spacial score (nSPS) is 25.1. The van der Waals surface area contributed by atoms with Crippen molar-refractivity contribution in [2.75, 3.05) is 13.1 Å². The van der Waals surface area contributed by atoms with Gasteiger partial charge in [0.2, 0.25) is 11.8 Å². The van der Waals surface area contributed by atoms with Crippen LogP contribution < -0.4 is 5.32 Å². The zero-order valence-corrected chi connectivity index (χ0v) is 12.0. The molecule has 5 nitrogen and oxygen atoms in total. The highest BCUT2D eigenvalue weighted by atomic mass is 16.3. The van der Waals surface area contributed by atoms with E-state index in [4.69, 9.17) is 0 Å². The van der Waals surface area contributed by atoms with Crippen LogP contribution in [0.5, 0.6) is 5.75 Å². The Hall–Kier alpha value is -2.04. The number of piperidine rings is 1. The molecule has 2 N–H and O–H groups in total. The van der Waals surface area contributed by atoms with Crippen LogP contribution in [0.25, 0.3) is 0 Å². The maximum absolute atomic E-state index is 12.6. The van der Waals surface area contributed by atoms with Crippen LogP contribution in [0, 0.1) is 0 Å². The molecular formula is C16H20N2O3. The Labute approximate surface area is 123 Å². The summed E-state index contributed by atoms with van der Waals surface area (Å²) in [5.41, 5.74) is 0.143. The predicted molar refractivity (Wildman–Crippen MR) is 77.7 cm³/mol. The fourth-order valence-electron chi connectivity index (χ4n) is 3.54. The molecule has 2 heterocycles. The minimum absolute atomic E-state index is 0.00416. The van der Waals surface area contributed by atoms with Gasteiger partial charge in [0.15, 0.2) is 0 Å². The summed E-state index contributed by atoms with van der Waals surface area (Å²) < 4.78 is 0. The molecule has 3 rings (SSSR count). The van der Waals surface area contributed by atoms with E-state index in [-0.39, 0.29) is 24.0 Å². The minimum atomic E-state index is -0.633. The number of amides is 2. The average Bonchev–Trinajstić information content (AvgIpc) is 2.87. The number of rotatable bonds is 2. The van der Waals surface area contributed by atoms with Crippen LogP contribution >= 0.6 is 0 Å². The Kier molecular flexibility index (Phi) is 3.57. The summed E-state index contributed by atoms with van der Waals surface area (Å²) in [6, 6.07) is 6.73. The Balaban J connectivity index is 1.78. The first-order valence-corrected chi connectivity index (χ1v) is 7.48. The molecule has 5 heteroatoms. The maximum atomic E-state index is 12.6. The number of hydrogen-bond donors (Lipinski definition) is 2. The number of nitrogens with zero attached hydrogens (tertiary/aromatic N) is 1. The smallest absolute Gasteiger partial charge is 0.245 e. The highest BCUT2D eigenvalue weighted by Gasteiger charge is 2.50. The van der Waals surface area contributed by atoms with E-state index < -0.39 is 5.54 Å². The predicted octanol–water partition coefficient (Wildman–Crippen LogP) is 1.21. The lowest BCUT2D eigenvalue weighted by atomic mass is 9.86. The van der Waals surface area contributed by atoms with Gasteiger partial charge in [-0.2, -0.15) is 0 Å². The van der Waals surface area contributed by atoms with Gasteiger partial charge in [0.05, 0.1) is 6.42 Å². The van der Waals surface area contributed by atoms with Crippen molar-refractivity contribution in [3.05, 3.63) is 29.8 Å². The lowest BCUT2D eigenvalue weighted by molar-refractivity contribution is -0.146. The summed E-state index contributed by atoms with van der Waals surface area (Å²) in [4.78, 5) is 26.7. The molecule has 1 spiro atoms. The molecule has 0 bridgehead atoms. The average molecular weight is 288 g/mol. The van der Waals surface area contributed by atoms with Gasteiger partial charge in [-0.3, -0.25) is 9.59 Å². The van der Waals surface area contributed by atoms with Crippen molar-refractivity contribution in [2.24, 2.45) is 0 Å². The number of phenols is 1. The van der Waals surface area contributed by atoms with E-state index in [9.17, 15) is 14.7 Å². The van der Waals surface area contributed by atoms with Crippen LogP contribution in [0.3, 0.4) is 0 Å². The summed E-state index contributed by atoms with van der Waals surface area (Å²) >= 11 is 0. The van der Waals surface area contributed by atoms with Crippen LogP contribution in [-0.2, 0) is 16.0 Å². The molecule has 112 valence electrons. The number of benzene rings is 1. The minimum Gasteiger partial charge on any atom is -0.508 e. The Morgan fingerprint density at radius 2 is 2.14 bits per heavy atom. The fraction of sp³-hybridized carbons (Fsp3) is 0.500. The SMILES string of the molecule is O=C(Cc1cccc(O)c1)N1CCCC12CCCNC2=O. The summed E-state index contributed by atoms with van der Waals surface area (Å²) in [5, 5.41) is 12.4. The van der Waals surface area contributed by atoms with Crippen molar-refractivity contribution in [1.29, 1.82) is 0 Å². The van der Waals surface area contributed by atoms with E-state index in [0.717, 1.165) is 31.2 Å². The number of nitrogens with one attached hydrogen (secondary N) is 1. The van der Waals surface area contributed by atoms with E-state index >= 15 is 0 Å². The van der Waals surface area contributed by atoms with E-state index in [1.165, 1.54) is 0 Å². The highest BCUT2D eigenvalue weighted by Crippen LogP contribution is 2.36. The molecule has 2 fully saturated rings. The molecule has 21 heavy (non-hydrogen) atoms. The van der Waals surface area contributed by atoms with Crippen molar-refractivity contribution < 1.29 is 14.7 Å². The van der Waals surface area contributed by atoms with Gasteiger partial charge in [0.25, 0.3) is 0 Å². The molecule has 1 aromatic rings. The summed E-state index contributed by atoms with van der Waals surface area (Å²) in [6.45, 7) is 1.35. The summed E-state index contributed by atoms with van der Waals surface area (Å²) in [7, 11) is 0. The van der Waals surface area contributed by atoms with Crippen LogP contribution in [0.4, 0.5) is 0 Å². The van der Waals surface area contributed by atoms with Gasteiger partial charge in [-0.25, -0.2) is 0 Å². The number of likely N-dealkylation sites (tertiary alicyclic amines) is 1. The second-order valence-electron chi connectivity index (χ2n) is 5.89. The van der Waals surface area contributed by atoms with Crippen molar-refractivity contribution in [1.82, 2.24) is 10.2 Å². The van der Waals surface area contributed by atoms with E-state index in [0.29, 0.717) is 13.1 Å².